The smallest absolute Gasteiger partial charge is 0.232 e. The van der Waals surface area contributed by atoms with Gasteiger partial charge in [-0.15, -0.1) is 10.2 Å². The Kier molecular flexibility index (Phi) is 5.45. The Balaban J connectivity index is 1.71. The molecule has 0 saturated carbocycles. The first-order valence-corrected chi connectivity index (χ1v) is 10.2. The van der Waals surface area contributed by atoms with Crippen molar-refractivity contribution in [2.45, 2.75) is 24.3 Å². The van der Waals surface area contributed by atoms with E-state index in [1.165, 1.54) is 11.1 Å². The molecule has 0 radical (unpaired) electrons. The Labute approximate surface area is 164 Å². The summed E-state index contributed by atoms with van der Waals surface area (Å²) < 4.78 is 7.69. The summed E-state index contributed by atoms with van der Waals surface area (Å²) in [5.74, 6) is 0.895. The number of benzene rings is 2. The molecule has 3 aromatic rings. The summed E-state index contributed by atoms with van der Waals surface area (Å²) in [6, 6.07) is 19.0. The van der Waals surface area contributed by atoms with Gasteiger partial charge in [-0.3, -0.25) is 4.57 Å². The number of hydrogen-bond donors (Lipinski definition) is 0. The molecule has 27 heavy (non-hydrogen) atoms. The van der Waals surface area contributed by atoms with Gasteiger partial charge in [0.05, 0.1) is 18.9 Å². The first-order chi connectivity index (χ1) is 13.2. The number of ether oxygens (including phenoxy) is 1. The monoisotopic (exact) mass is 380 g/mol. The lowest BCUT2D eigenvalue weighted by atomic mass is 10.2. The molecule has 1 aromatic heterocycles. The fraction of sp³-hybridized carbons (Fsp3) is 0.333. The van der Waals surface area contributed by atoms with Crippen molar-refractivity contribution in [1.29, 1.82) is 0 Å². The van der Waals surface area contributed by atoms with E-state index in [1.54, 1.807) is 11.8 Å². The van der Waals surface area contributed by atoms with Crippen LogP contribution in [0.4, 0.5) is 5.95 Å². The molecule has 0 bridgehead atoms. The number of nitrogens with zero attached hydrogens (tertiary/aromatic N) is 4. The molecule has 0 N–H and O–H groups in total. The van der Waals surface area contributed by atoms with Crippen molar-refractivity contribution in [1.82, 2.24) is 14.8 Å². The second-order valence-electron chi connectivity index (χ2n) is 6.73. The van der Waals surface area contributed by atoms with Crippen LogP contribution in [-0.2, 0) is 4.74 Å². The normalized spacial score (nSPS) is 15.7. The van der Waals surface area contributed by atoms with Crippen LogP contribution in [0.2, 0.25) is 0 Å². The summed E-state index contributed by atoms with van der Waals surface area (Å²) in [5, 5.41) is 10.3. The molecule has 0 spiro atoms. The van der Waals surface area contributed by atoms with Gasteiger partial charge in [0.15, 0.2) is 5.16 Å². The molecule has 1 aliphatic rings. The van der Waals surface area contributed by atoms with Gasteiger partial charge in [0.25, 0.3) is 0 Å². The van der Waals surface area contributed by atoms with Crippen LogP contribution in [0.1, 0.15) is 23.3 Å². The molecule has 1 atom stereocenters. The van der Waals surface area contributed by atoms with Gasteiger partial charge < -0.3 is 9.64 Å². The molecule has 1 fully saturated rings. The number of thioether (sulfide) groups is 1. The van der Waals surface area contributed by atoms with Crippen LogP contribution in [0, 0.1) is 6.92 Å². The van der Waals surface area contributed by atoms with Gasteiger partial charge in [0, 0.05) is 18.3 Å². The zero-order valence-corrected chi connectivity index (χ0v) is 16.5. The van der Waals surface area contributed by atoms with E-state index < -0.39 is 0 Å². The number of aryl methyl sites for hydroxylation is 1. The Morgan fingerprint density at radius 1 is 1.00 bits per heavy atom. The van der Waals surface area contributed by atoms with Crippen molar-refractivity contribution in [2.24, 2.45) is 0 Å². The maximum atomic E-state index is 5.51. The molecule has 1 unspecified atom stereocenters. The summed E-state index contributed by atoms with van der Waals surface area (Å²) >= 11 is 1.74. The molecule has 1 saturated heterocycles. The van der Waals surface area contributed by atoms with E-state index in [1.807, 2.05) is 6.07 Å². The van der Waals surface area contributed by atoms with Crippen LogP contribution in [0.3, 0.4) is 0 Å². The Morgan fingerprint density at radius 3 is 2.52 bits per heavy atom. The molecule has 5 nitrogen and oxygen atoms in total. The van der Waals surface area contributed by atoms with E-state index in [-0.39, 0.29) is 5.25 Å². The van der Waals surface area contributed by atoms with Crippen LogP contribution < -0.4 is 4.90 Å². The second-order valence-corrected chi connectivity index (χ2v) is 8.04. The molecule has 0 amide bonds. The number of morpholine rings is 1. The van der Waals surface area contributed by atoms with Crippen molar-refractivity contribution < 1.29 is 4.74 Å². The molecule has 2 heterocycles. The Morgan fingerprint density at radius 2 is 1.78 bits per heavy atom. The van der Waals surface area contributed by atoms with E-state index in [0.717, 1.165) is 43.1 Å². The highest BCUT2D eigenvalue weighted by atomic mass is 32.2. The van der Waals surface area contributed by atoms with Gasteiger partial charge in [-0.25, -0.2) is 0 Å². The Bertz CT molecular complexity index is 890. The molecule has 6 heteroatoms. The lowest BCUT2D eigenvalue weighted by Crippen LogP contribution is -2.37. The van der Waals surface area contributed by atoms with E-state index in [4.69, 9.17) is 4.74 Å². The number of rotatable bonds is 5. The Hall–Kier alpha value is -2.31. The minimum absolute atomic E-state index is 0.288. The average molecular weight is 381 g/mol. The molecule has 0 aliphatic carbocycles. The lowest BCUT2D eigenvalue weighted by molar-refractivity contribution is 0.122. The first-order valence-electron chi connectivity index (χ1n) is 9.29. The highest BCUT2D eigenvalue weighted by Gasteiger charge is 2.23. The SMILES string of the molecule is Cc1cccc(-n2c(SC(C)c3ccccc3)nnc2N2CCOCC2)c1. The van der Waals surface area contributed by atoms with Gasteiger partial charge in [-0.1, -0.05) is 54.2 Å². The maximum absolute atomic E-state index is 5.51. The van der Waals surface area contributed by atoms with Crippen LogP contribution in [-0.4, -0.2) is 41.1 Å². The van der Waals surface area contributed by atoms with Gasteiger partial charge in [0.2, 0.25) is 5.95 Å². The summed E-state index contributed by atoms with van der Waals surface area (Å²) in [6.45, 7) is 7.45. The summed E-state index contributed by atoms with van der Waals surface area (Å²) in [7, 11) is 0. The van der Waals surface area contributed by atoms with Crippen molar-refractivity contribution in [2.75, 3.05) is 31.2 Å². The number of aromatic nitrogens is 3. The summed E-state index contributed by atoms with van der Waals surface area (Å²) in [5.41, 5.74) is 3.61. The largest absolute Gasteiger partial charge is 0.378 e. The van der Waals surface area contributed by atoms with Crippen molar-refractivity contribution in [3.8, 4) is 5.69 Å². The third-order valence-electron chi connectivity index (χ3n) is 4.72. The minimum Gasteiger partial charge on any atom is -0.378 e. The fourth-order valence-corrected chi connectivity index (χ4v) is 4.24. The number of anilines is 1. The molecule has 4 rings (SSSR count). The zero-order valence-electron chi connectivity index (χ0n) is 15.7. The fourth-order valence-electron chi connectivity index (χ4n) is 3.25. The van der Waals surface area contributed by atoms with Crippen LogP contribution >= 0.6 is 11.8 Å². The highest BCUT2D eigenvalue weighted by molar-refractivity contribution is 7.99. The quantitative estimate of drug-likeness (QED) is 0.619. The van der Waals surface area contributed by atoms with E-state index in [9.17, 15) is 0 Å². The third-order valence-corrected chi connectivity index (χ3v) is 5.82. The van der Waals surface area contributed by atoms with E-state index in [0.29, 0.717) is 0 Å². The lowest BCUT2D eigenvalue weighted by Gasteiger charge is -2.28. The second kappa shape index (κ2) is 8.15. The van der Waals surface area contributed by atoms with Crippen LogP contribution in [0.15, 0.2) is 59.8 Å². The molecule has 1 aliphatic heterocycles. The topological polar surface area (TPSA) is 43.2 Å². The van der Waals surface area contributed by atoms with Crippen molar-refractivity contribution in [3.63, 3.8) is 0 Å². The standard InChI is InChI=1S/C21H24N4OS/c1-16-7-6-10-19(15-16)25-20(24-11-13-26-14-12-24)22-23-21(25)27-17(2)18-8-4-3-5-9-18/h3-10,15,17H,11-14H2,1-2H3. The van der Waals surface area contributed by atoms with Crippen molar-refractivity contribution >= 4 is 17.7 Å². The van der Waals surface area contributed by atoms with E-state index in [2.05, 4.69) is 82.0 Å². The van der Waals surface area contributed by atoms with Gasteiger partial charge >= 0.3 is 0 Å². The highest BCUT2D eigenvalue weighted by Crippen LogP contribution is 2.36. The van der Waals surface area contributed by atoms with Crippen LogP contribution in [0.25, 0.3) is 5.69 Å². The minimum atomic E-state index is 0.288. The van der Waals surface area contributed by atoms with Gasteiger partial charge in [0.1, 0.15) is 0 Å². The molecule has 2 aromatic carbocycles. The summed E-state index contributed by atoms with van der Waals surface area (Å²) in [4.78, 5) is 2.26. The predicted molar refractivity (Wildman–Crippen MR) is 110 cm³/mol. The average Bonchev–Trinajstić information content (AvgIpc) is 3.13. The molecule has 140 valence electrons. The molecular formula is C21H24N4OS. The zero-order chi connectivity index (χ0) is 18.6. The van der Waals surface area contributed by atoms with Gasteiger partial charge in [-0.05, 0) is 37.1 Å². The first kappa shape index (κ1) is 18.1. The van der Waals surface area contributed by atoms with Gasteiger partial charge in [-0.2, -0.15) is 0 Å². The number of hydrogen-bond acceptors (Lipinski definition) is 5. The third kappa shape index (κ3) is 4.01. The predicted octanol–water partition coefficient (Wildman–Crippen LogP) is 4.27. The summed E-state index contributed by atoms with van der Waals surface area (Å²) in [6.07, 6.45) is 0. The molecular weight excluding hydrogens is 356 g/mol. The maximum Gasteiger partial charge on any atom is 0.232 e. The van der Waals surface area contributed by atoms with Crippen LogP contribution in [0.5, 0.6) is 0 Å². The van der Waals surface area contributed by atoms with Crippen molar-refractivity contribution in [3.05, 3.63) is 65.7 Å². The van der Waals surface area contributed by atoms with E-state index >= 15 is 0 Å².